The molecule has 0 aliphatic carbocycles. The molecule has 3 N–H and O–H groups in total. The first kappa shape index (κ1) is 13.9. The Labute approximate surface area is 118 Å². The minimum Gasteiger partial charge on any atom is -0.508 e. The van der Waals surface area contributed by atoms with Crippen molar-refractivity contribution in [1.29, 1.82) is 0 Å². The summed E-state index contributed by atoms with van der Waals surface area (Å²) in [5.74, 6) is 0.212. The van der Waals surface area contributed by atoms with Gasteiger partial charge in [0, 0.05) is 13.1 Å². The van der Waals surface area contributed by atoms with E-state index in [9.17, 15) is 9.90 Å². The zero-order valence-corrected chi connectivity index (χ0v) is 11.2. The molecule has 0 heterocycles. The number of hydrogen-bond acceptors (Lipinski definition) is 2. The maximum absolute atomic E-state index is 11.5. The van der Waals surface area contributed by atoms with Crippen LogP contribution in [0.5, 0.6) is 5.75 Å². The van der Waals surface area contributed by atoms with Crippen LogP contribution in [0, 0.1) is 0 Å². The summed E-state index contributed by atoms with van der Waals surface area (Å²) < 4.78 is 0. The maximum atomic E-state index is 11.5. The molecule has 0 saturated heterocycles. The molecule has 0 unspecified atom stereocenters. The van der Waals surface area contributed by atoms with Gasteiger partial charge in [-0.1, -0.05) is 42.5 Å². The van der Waals surface area contributed by atoms with Crippen LogP contribution in [-0.2, 0) is 13.0 Å². The number of nitrogens with zero attached hydrogens (tertiary/aromatic N) is 1. The Hall–Kier alpha value is -2.49. The molecule has 0 saturated carbocycles. The molecule has 4 heteroatoms. The van der Waals surface area contributed by atoms with E-state index in [-0.39, 0.29) is 5.75 Å². The second-order valence-corrected chi connectivity index (χ2v) is 4.66. The lowest BCUT2D eigenvalue weighted by Crippen LogP contribution is -2.36. The van der Waals surface area contributed by atoms with E-state index in [0.29, 0.717) is 13.1 Å². The zero-order chi connectivity index (χ0) is 14.4. The van der Waals surface area contributed by atoms with Gasteiger partial charge in [0.25, 0.3) is 0 Å². The molecule has 104 valence electrons. The third-order valence-electron chi connectivity index (χ3n) is 3.13. The Morgan fingerprint density at radius 2 is 1.65 bits per heavy atom. The summed E-state index contributed by atoms with van der Waals surface area (Å²) in [6, 6.07) is 16.3. The molecule has 2 rings (SSSR count). The van der Waals surface area contributed by atoms with Crippen LogP contribution in [0.3, 0.4) is 0 Å². The van der Waals surface area contributed by atoms with Crippen molar-refractivity contribution in [3.8, 4) is 5.75 Å². The number of rotatable bonds is 5. The lowest BCUT2D eigenvalue weighted by Gasteiger charge is -2.20. The Bertz CT molecular complexity index is 552. The number of hydrogen-bond donors (Lipinski definition) is 2. The smallest absolute Gasteiger partial charge is 0.315 e. The fourth-order valence-electron chi connectivity index (χ4n) is 2.00. The third-order valence-corrected chi connectivity index (χ3v) is 3.13. The number of aromatic hydroxyl groups is 1. The molecule has 2 aromatic rings. The van der Waals surface area contributed by atoms with E-state index in [4.69, 9.17) is 5.73 Å². The summed E-state index contributed by atoms with van der Waals surface area (Å²) >= 11 is 0. The molecule has 2 amide bonds. The Morgan fingerprint density at radius 1 is 1.00 bits per heavy atom. The summed E-state index contributed by atoms with van der Waals surface area (Å²) in [6.07, 6.45) is 0.766. The van der Waals surface area contributed by atoms with Gasteiger partial charge in [0.15, 0.2) is 0 Å². The average Bonchev–Trinajstić information content (AvgIpc) is 2.46. The van der Waals surface area contributed by atoms with Crippen LogP contribution in [0.25, 0.3) is 0 Å². The van der Waals surface area contributed by atoms with Gasteiger partial charge in [0.05, 0.1) is 0 Å². The van der Waals surface area contributed by atoms with Crippen LogP contribution >= 0.6 is 0 Å². The van der Waals surface area contributed by atoms with Crippen molar-refractivity contribution < 1.29 is 9.90 Å². The lowest BCUT2D eigenvalue weighted by atomic mass is 10.1. The molecule has 0 aliphatic heterocycles. The molecule has 0 bridgehead atoms. The number of phenolic OH excluding ortho intramolecular Hbond substituents is 1. The Balaban J connectivity index is 1.97. The van der Waals surface area contributed by atoms with E-state index in [1.54, 1.807) is 29.2 Å². The minimum absolute atomic E-state index is 0.212. The van der Waals surface area contributed by atoms with Crippen molar-refractivity contribution in [3.05, 3.63) is 65.7 Å². The van der Waals surface area contributed by atoms with Crippen molar-refractivity contribution in [3.63, 3.8) is 0 Å². The van der Waals surface area contributed by atoms with Crippen LogP contribution in [-0.4, -0.2) is 22.6 Å². The van der Waals surface area contributed by atoms with Gasteiger partial charge in [0.2, 0.25) is 0 Å². The van der Waals surface area contributed by atoms with E-state index < -0.39 is 6.03 Å². The highest BCUT2D eigenvalue weighted by Gasteiger charge is 2.10. The standard InChI is InChI=1S/C16H18N2O2/c17-16(20)18(11-10-13-4-2-1-3-5-13)12-14-6-8-15(19)9-7-14/h1-9,19H,10-12H2,(H2,17,20). The first-order valence-electron chi connectivity index (χ1n) is 6.51. The fraction of sp³-hybridized carbons (Fsp3) is 0.188. The maximum Gasteiger partial charge on any atom is 0.315 e. The molecular weight excluding hydrogens is 252 g/mol. The number of benzene rings is 2. The lowest BCUT2D eigenvalue weighted by molar-refractivity contribution is 0.205. The minimum atomic E-state index is -0.436. The Morgan fingerprint density at radius 3 is 2.25 bits per heavy atom. The van der Waals surface area contributed by atoms with Crippen LogP contribution in [0.15, 0.2) is 54.6 Å². The molecule has 0 spiro atoms. The SMILES string of the molecule is NC(=O)N(CCc1ccccc1)Cc1ccc(O)cc1. The third kappa shape index (κ3) is 4.02. The van der Waals surface area contributed by atoms with Crippen molar-refractivity contribution >= 4 is 6.03 Å². The van der Waals surface area contributed by atoms with Gasteiger partial charge in [-0.2, -0.15) is 0 Å². The van der Waals surface area contributed by atoms with Crippen LogP contribution < -0.4 is 5.73 Å². The first-order valence-corrected chi connectivity index (χ1v) is 6.51. The highest BCUT2D eigenvalue weighted by Crippen LogP contribution is 2.12. The van der Waals surface area contributed by atoms with Crippen LogP contribution in [0.2, 0.25) is 0 Å². The molecule has 0 aromatic heterocycles. The van der Waals surface area contributed by atoms with Gasteiger partial charge in [-0.05, 0) is 29.7 Å². The highest BCUT2D eigenvalue weighted by molar-refractivity contribution is 5.72. The van der Waals surface area contributed by atoms with E-state index in [1.807, 2.05) is 30.3 Å². The quantitative estimate of drug-likeness (QED) is 0.876. The molecule has 0 radical (unpaired) electrons. The van der Waals surface area contributed by atoms with Gasteiger partial charge in [-0.15, -0.1) is 0 Å². The summed E-state index contributed by atoms with van der Waals surface area (Å²) in [5.41, 5.74) is 7.53. The van der Waals surface area contributed by atoms with Gasteiger partial charge >= 0.3 is 6.03 Å². The number of urea groups is 1. The first-order chi connectivity index (χ1) is 9.65. The number of phenols is 1. The number of carbonyl (C=O) groups is 1. The molecular formula is C16H18N2O2. The van der Waals surface area contributed by atoms with E-state index >= 15 is 0 Å². The second kappa shape index (κ2) is 6.61. The van der Waals surface area contributed by atoms with Gasteiger partial charge in [0.1, 0.15) is 5.75 Å². The number of carbonyl (C=O) groups excluding carboxylic acids is 1. The monoisotopic (exact) mass is 270 g/mol. The predicted molar refractivity (Wildman–Crippen MR) is 78.2 cm³/mol. The van der Waals surface area contributed by atoms with E-state index in [1.165, 1.54) is 5.56 Å². The van der Waals surface area contributed by atoms with Crippen molar-refractivity contribution in [1.82, 2.24) is 4.90 Å². The van der Waals surface area contributed by atoms with Crippen LogP contribution in [0.4, 0.5) is 4.79 Å². The molecule has 0 aliphatic rings. The molecule has 4 nitrogen and oxygen atoms in total. The van der Waals surface area contributed by atoms with Gasteiger partial charge in [-0.3, -0.25) is 0 Å². The second-order valence-electron chi connectivity index (χ2n) is 4.66. The van der Waals surface area contributed by atoms with Crippen molar-refractivity contribution in [2.24, 2.45) is 5.73 Å². The summed E-state index contributed by atoms with van der Waals surface area (Å²) in [7, 11) is 0. The van der Waals surface area contributed by atoms with Crippen molar-refractivity contribution in [2.45, 2.75) is 13.0 Å². The van der Waals surface area contributed by atoms with Crippen LogP contribution in [0.1, 0.15) is 11.1 Å². The fourth-order valence-corrected chi connectivity index (χ4v) is 2.00. The average molecular weight is 270 g/mol. The summed E-state index contributed by atoms with van der Waals surface area (Å²) in [5, 5.41) is 9.25. The summed E-state index contributed by atoms with van der Waals surface area (Å²) in [4.78, 5) is 13.1. The molecule has 0 atom stereocenters. The van der Waals surface area contributed by atoms with Gasteiger partial charge < -0.3 is 15.7 Å². The zero-order valence-electron chi connectivity index (χ0n) is 11.2. The van der Waals surface area contributed by atoms with E-state index in [2.05, 4.69) is 0 Å². The Kier molecular flexibility index (Phi) is 4.60. The number of primary amides is 1. The molecule has 0 fully saturated rings. The predicted octanol–water partition coefficient (Wildman–Crippen LogP) is 2.52. The molecule has 20 heavy (non-hydrogen) atoms. The number of nitrogens with two attached hydrogens (primary N) is 1. The van der Waals surface area contributed by atoms with Crippen molar-refractivity contribution in [2.75, 3.05) is 6.54 Å². The number of amides is 2. The van der Waals surface area contributed by atoms with E-state index in [0.717, 1.165) is 12.0 Å². The highest BCUT2D eigenvalue weighted by atomic mass is 16.3. The topological polar surface area (TPSA) is 66.6 Å². The summed E-state index contributed by atoms with van der Waals surface area (Å²) in [6.45, 7) is 1.02. The van der Waals surface area contributed by atoms with Gasteiger partial charge in [-0.25, -0.2) is 4.79 Å². The molecule has 2 aromatic carbocycles. The largest absolute Gasteiger partial charge is 0.508 e. The normalized spacial score (nSPS) is 10.2.